The number of hydrogen-bond acceptors (Lipinski definition) is 9. The highest BCUT2D eigenvalue weighted by Crippen LogP contribution is 2.34. The largest absolute Gasteiger partial charge is 0.505 e. The van der Waals surface area contributed by atoms with Crippen LogP contribution in [0.4, 0.5) is 0 Å². The van der Waals surface area contributed by atoms with E-state index in [0.717, 1.165) is 22.4 Å². The van der Waals surface area contributed by atoms with Gasteiger partial charge in [0.05, 0.1) is 22.5 Å². The van der Waals surface area contributed by atoms with E-state index in [2.05, 4.69) is 30.7 Å². The van der Waals surface area contributed by atoms with E-state index in [-0.39, 0.29) is 22.8 Å². The van der Waals surface area contributed by atoms with E-state index in [1.807, 2.05) is 24.3 Å². The normalized spacial score (nSPS) is 12.7. The summed E-state index contributed by atoms with van der Waals surface area (Å²) in [5.74, 6) is -0.783. The van der Waals surface area contributed by atoms with Crippen LogP contribution in [0.15, 0.2) is 30.6 Å². The number of fused-ring (bicyclic) bond motifs is 1. The molecule has 0 radical (unpaired) electrons. The minimum Gasteiger partial charge on any atom is -0.505 e. The standard InChI is InChI=1S/C24H25N7O4/c1-14-19-20(24(35)31(2)23(19)34)21(33)17(28-14)6-4-3-5-7-18(32)25-12-15-8-10-16(11-9-15)22-29-26-13-27-30-22/h8-11,13,33H,3-7,12H2,1-2H3,(H,25,32). The van der Waals surface area contributed by atoms with E-state index in [1.165, 1.54) is 13.4 Å². The Morgan fingerprint density at radius 3 is 2.40 bits per heavy atom. The number of aromatic hydroxyl groups is 1. The number of nitrogens with zero attached hydrogens (tertiary/aromatic N) is 6. The maximum absolute atomic E-state index is 12.3. The molecule has 1 aliphatic rings. The second-order valence-corrected chi connectivity index (χ2v) is 8.32. The van der Waals surface area contributed by atoms with Gasteiger partial charge in [-0.25, -0.2) is 0 Å². The molecule has 1 aliphatic heterocycles. The van der Waals surface area contributed by atoms with Crippen LogP contribution in [-0.2, 0) is 17.8 Å². The monoisotopic (exact) mass is 475 g/mol. The van der Waals surface area contributed by atoms with Gasteiger partial charge in [-0.2, -0.15) is 0 Å². The number of imide groups is 1. The Labute approximate surface area is 201 Å². The van der Waals surface area contributed by atoms with Crippen LogP contribution in [-0.4, -0.2) is 60.2 Å². The molecule has 0 bridgehead atoms. The lowest BCUT2D eigenvalue weighted by Gasteiger charge is -2.09. The van der Waals surface area contributed by atoms with Crippen molar-refractivity contribution in [1.29, 1.82) is 0 Å². The molecule has 0 saturated heterocycles. The number of unbranched alkanes of at least 4 members (excludes halogenated alkanes) is 2. The van der Waals surface area contributed by atoms with Gasteiger partial charge in [0.15, 0.2) is 12.1 Å². The van der Waals surface area contributed by atoms with Crippen molar-refractivity contribution in [3.63, 3.8) is 0 Å². The van der Waals surface area contributed by atoms with Crippen LogP contribution in [0, 0.1) is 6.92 Å². The molecule has 2 N–H and O–H groups in total. The van der Waals surface area contributed by atoms with Gasteiger partial charge in [0.2, 0.25) is 11.7 Å². The van der Waals surface area contributed by atoms with Gasteiger partial charge >= 0.3 is 0 Å². The number of hydrogen-bond donors (Lipinski definition) is 2. The average molecular weight is 476 g/mol. The molecule has 11 nitrogen and oxygen atoms in total. The van der Waals surface area contributed by atoms with Gasteiger partial charge in [0, 0.05) is 25.6 Å². The lowest BCUT2D eigenvalue weighted by atomic mass is 10.0. The zero-order valence-corrected chi connectivity index (χ0v) is 19.5. The molecule has 3 heterocycles. The molecule has 3 aromatic rings. The molecule has 0 saturated carbocycles. The minimum atomic E-state index is -0.511. The number of nitrogens with one attached hydrogen (secondary N) is 1. The van der Waals surface area contributed by atoms with Crippen molar-refractivity contribution >= 4 is 17.7 Å². The first kappa shape index (κ1) is 23.9. The zero-order valence-electron chi connectivity index (χ0n) is 19.5. The van der Waals surface area contributed by atoms with E-state index in [0.29, 0.717) is 49.4 Å². The molecule has 0 unspecified atom stereocenters. The summed E-state index contributed by atoms with van der Waals surface area (Å²) >= 11 is 0. The molecule has 0 atom stereocenters. The van der Waals surface area contributed by atoms with E-state index in [9.17, 15) is 19.5 Å². The van der Waals surface area contributed by atoms with Gasteiger partial charge in [-0.1, -0.05) is 30.7 Å². The molecule has 3 amide bonds. The molecule has 11 heteroatoms. The number of carbonyl (C=O) groups excluding carboxylic acids is 3. The number of rotatable bonds is 9. The Hall–Kier alpha value is -4.28. The van der Waals surface area contributed by atoms with Gasteiger partial charge < -0.3 is 10.4 Å². The number of benzene rings is 1. The lowest BCUT2D eigenvalue weighted by molar-refractivity contribution is -0.121. The number of pyridine rings is 1. The maximum atomic E-state index is 12.3. The molecule has 180 valence electrons. The third kappa shape index (κ3) is 5.13. The third-order valence-electron chi connectivity index (χ3n) is 5.89. The fourth-order valence-electron chi connectivity index (χ4n) is 3.96. The van der Waals surface area contributed by atoms with Crippen molar-refractivity contribution < 1.29 is 19.5 Å². The van der Waals surface area contributed by atoms with Crippen molar-refractivity contribution in [3.05, 3.63) is 58.7 Å². The highest BCUT2D eigenvalue weighted by molar-refractivity contribution is 6.22. The van der Waals surface area contributed by atoms with Crippen LogP contribution in [0.2, 0.25) is 0 Å². The molecular formula is C24H25N7O4. The Morgan fingerprint density at radius 1 is 1.00 bits per heavy atom. The zero-order chi connectivity index (χ0) is 24.9. The van der Waals surface area contributed by atoms with Crippen LogP contribution in [0.25, 0.3) is 11.4 Å². The molecule has 0 aliphatic carbocycles. The molecular weight excluding hydrogens is 450 g/mol. The fourth-order valence-corrected chi connectivity index (χ4v) is 3.96. The molecule has 2 aromatic heterocycles. The van der Waals surface area contributed by atoms with Crippen molar-refractivity contribution in [1.82, 2.24) is 35.6 Å². The predicted octanol–water partition coefficient (Wildman–Crippen LogP) is 1.99. The summed E-state index contributed by atoms with van der Waals surface area (Å²) < 4.78 is 0. The first-order valence-corrected chi connectivity index (χ1v) is 11.3. The highest BCUT2D eigenvalue weighted by atomic mass is 16.3. The summed E-state index contributed by atoms with van der Waals surface area (Å²) in [6.07, 6.45) is 4.23. The lowest BCUT2D eigenvalue weighted by Crippen LogP contribution is -2.24. The average Bonchev–Trinajstić information content (AvgIpc) is 3.10. The van der Waals surface area contributed by atoms with Crippen LogP contribution in [0.3, 0.4) is 0 Å². The minimum absolute atomic E-state index is 0.0389. The summed E-state index contributed by atoms with van der Waals surface area (Å²) in [5, 5.41) is 28.7. The summed E-state index contributed by atoms with van der Waals surface area (Å²) in [6.45, 7) is 2.08. The molecule has 1 aromatic carbocycles. The summed E-state index contributed by atoms with van der Waals surface area (Å²) in [5.41, 5.74) is 2.80. The quantitative estimate of drug-likeness (QED) is 0.350. The Kier molecular flexibility index (Phi) is 7.04. The second-order valence-electron chi connectivity index (χ2n) is 8.32. The van der Waals surface area contributed by atoms with Gasteiger partial charge in [-0.15, -0.1) is 20.4 Å². The molecule has 35 heavy (non-hydrogen) atoms. The topological polar surface area (TPSA) is 151 Å². The van der Waals surface area contributed by atoms with E-state index < -0.39 is 11.8 Å². The third-order valence-corrected chi connectivity index (χ3v) is 5.89. The van der Waals surface area contributed by atoms with Crippen LogP contribution < -0.4 is 5.32 Å². The highest BCUT2D eigenvalue weighted by Gasteiger charge is 2.38. The maximum Gasteiger partial charge on any atom is 0.265 e. The van der Waals surface area contributed by atoms with Crippen LogP contribution in [0.5, 0.6) is 5.75 Å². The fraction of sp³-hybridized carbons (Fsp3) is 0.333. The van der Waals surface area contributed by atoms with Crippen LogP contribution in [0.1, 0.15) is 63.4 Å². The van der Waals surface area contributed by atoms with Gasteiger partial charge in [0.25, 0.3) is 11.8 Å². The van der Waals surface area contributed by atoms with Crippen molar-refractivity contribution in [2.75, 3.05) is 7.05 Å². The van der Waals surface area contributed by atoms with Gasteiger partial charge in [0.1, 0.15) is 0 Å². The van der Waals surface area contributed by atoms with E-state index in [4.69, 9.17) is 0 Å². The molecule has 0 fully saturated rings. The first-order chi connectivity index (χ1) is 16.9. The van der Waals surface area contributed by atoms with Crippen molar-refractivity contribution in [3.8, 4) is 17.1 Å². The van der Waals surface area contributed by atoms with Gasteiger partial charge in [-0.05, 0) is 31.7 Å². The van der Waals surface area contributed by atoms with Crippen molar-refractivity contribution in [2.24, 2.45) is 0 Å². The summed E-state index contributed by atoms with van der Waals surface area (Å²) in [7, 11) is 1.39. The van der Waals surface area contributed by atoms with E-state index >= 15 is 0 Å². The Balaban J connectivity index is 1.20. The number of aromatic nitrogens is 5. The van der Waals surface area contributed by atoms with Crippen molar-refractivity contribution in [2.45, 2.75) is 45.6 Å². The Bertz CT molecular complexity index is 1260. The van der Waals surface area contributed by atoms with E-state index in [1.54, 1.807) is 6.92 Å². The smallest absolute Gasteiger partial charge is 0.265 e. The SMILES string of the molecule is Cc1nc(CCCCCC(=O)NCc2ccc(-c3nncnn3)cc2)c(O)c2c1C(=O)N(C)C2=O. The van der Waals surface area contributed by atoms with Crippen LogP contribution >= 0.6 is 0 Å². The summed E-state index contributed by atoms with van der Waals surface area (Å²) in [6, 6.07) is 7.48. The Morgan fingerprint density at radius 2 is 1.69 bits per heavy atom. The predicted molar refractivity (Wildman–Crippen MR) is 124 cm³/mol. The number of carbonyl (C=O) groups is 3. The molecule has 4 rings (SSSR count). The van der Waals surface area contributed by atoms with Gasteiger partial charge in [-0.3, -0.25) is 24.3 Å². The first-order valence-electron chi connectivity index (χ1n) is 11.3. The summed E-state index contributed by atoms with van der Waals surface area (Å²) in [4.78, 5) is 42.0. The number of aryl methyl sites for hydroxylation is 2. The number of amides is 3. The second kappa shape index (κ2) is 10.3. The molecule has 0 spiro atoms.